The van der Waals surface area contributed by atoms with Crippen LogP contribution >= 0.6 is 31.9 Å². The van der Waals surface area contributed by atoms with Gasteiger partial charge in [0.05, 0.1) is 17.2 Å². The van der Waals surface area contributed by atoms with Crippen molar-refractivity contribution in [3.8, 4) is 0 Å². The molecular weight excluding hydrogens is 336 g/mol. The molecule has 0 amide bonds. The monoisotopic (exact) mass is 342 g/mol. The molecule has 82 valence electrons. The Bertz CT molecular complexity index is 552. The first-order valence-corrected chi connectivity index (χ1v) is 6.22. The quantitative estimate of drug-likeness (QED) is 0.840. The minimum Gasteiger partial charge on any atom is -0.266 e. The average molecular weight is 344 g/mol. The molecular formula is C11H8Br2N2O. The van der Waals surface area contributed by atoms with E-state index in [1.807, 2.05) is 30.3 Å². The van der Waals surface area contributed by atoms with Gasteiger partial charge in [-0.15, -0.1) is 0 Å². The number of hydrogen-bond acceptors (Lipinski definition) is 2. The van der Waals surface area contributed by atoms with Gasteiger partial charge in [-0.3, -0.25) is 4.79 Å². The Morgan fingerprint density at radius 3 is 2.56 bits per heavy atom. The largest absolute Gasteiger partial charge is 0.282 e. The van der Waals surface area contributed by atoms with Crippen LogP contribution in [0, 0.1) is 0 Å². The van der Waals surface area contributed by atoms with E-state index in [1.165, 1.54) is 4.68 Å². The molecule has 0 aliphatic rings. The third-order valence-electron chi connectivity index (χ3n) is 2.12. The Morgan fingerprint density at radius 1 is 1.19 bits per heavy atom. The molecule has 5 heteroatoms. The van der Waals surface area contributed by atoms with Gasteiger partial charge in [0.1, 0.15) is 4.47 Å². The van der Waals surface area contributed by atoms with Gasteiger partial charge in [0.25, 0.3) is 5.56 Å². The topological polar surface area (TPSA) is 34.9 Å². The maximum atomic E-state index is 11.8. The first kappa shape index (κ1) is 11.5. The number of halogens is 2. The second kappa shape index (κ2) is 4.93. The van der Waals surface area contributed by atoms with Gasteiger partial charge in [0.15, 0.2) is 0 Å². The number of nitrogens with zero attached hydrogens (tertiary/aromatic N) is 2. The zero-order valence-corrected chi connectivity index (χ0v) is 11.4. The lowest BCUT2D eigenvalue weighted by Gasteiger charge is -2.05. The Morgan fingerprint density at radius 2 is 1.88 bits per heavy atom. The summed E-state index contributed by atoms with van der Waals surface area (Å²) >= 11 is 6.47. The van der Waals surface area contributed by atoms with Crippen molar-refractivity contribution >= 4 is 31.9 Å². The number of aromatic nitrogens is 2. The standard InChI is InChI=1S/C11H8Br2N2O/c12-9-6-14-15(11(16)10(9)13)7-8-4-2-1-3-5-8/h1-6H,7H2. The highest BCUT2D eigenvalue weighted by Gasteiger charge is 2.06. The zero-order valence-electron chi connectivity index (χ0n) is 8.23. The van der Waals surface area contributed by atoms with E-state index in [-0.39, 0.29) is 5.56 Å². The molecule has 0 radical (unpaired) electrons. The van der Waals surface area contributed by atoms with Gasteiger partial charge < -0.3 is 0 Å². The highest BCUT2D eigenvalue weighted by Crippen LogP contribution is 2.16. The first-order chi connectivity index (χ1) is 7.68. The summed E-state index contributed by atoms with van der Waals surface area (Å²) in [6.07, 6.45) is 1.61. The third kappa shape index (κ3) is 2.41. The van der Waals surface area contributed by atoms with Gasteiger partial charge in [-0.05, 0) is 37.4 Å². The van der Waals surface area contributed by atoms with E-state index in [4.69, 9.17) is 0 Å². The van der Waals surface area contributed by atoms with E-state index in [9.17, 15) is 4.79 Å². The summed E-state index contributed by atoms with van der Waals surface area (Å²) in [5.74, 6) is 0. The summed E-state index contributed by atoms with van der Waals surface area (Å²) < 4.78 is 2.59. The lowest BCUT2D eigenvalue weighted by molar-refractivity contribution is 0.633. The van der Waals surface area contributed by atoms with Crippen LogP contribution in [-0.4, -0.2) is 9.78 Å². The molecule has 0 bridgehead atoms. The molecule has 16 heavy (non-hydrogen) atoms. The molecule has 1 heterocycles. The summed E-state index contributed by atoms with van der Waals surface area (Å²) in [5, 5.41) is 4.06. The predicted molar refractivity (Wildman–Crippen MR) is 69.4 cm³/mol. The maximum absolute atomic E-state index is 11.8. The van der Waals surface area contributed by atoms with Crippen molar-refractivity contribution in [2.24, 2.45) is 0 Å². The predicted octanol–water partition coefficient (Wildman–Crippen LogP) is 2.82. The zero-order chi connectivity index (χ0) is 11.5. The van der Waals surface area contributed by atoms with Gasteiger partial charge in [-0.2, -0.15) is 5.10 Å². The third-order valence-corrected chi connectivity index (χ3v) is 4.02. The van der Waals surface area contributed by atoms with Crippen LogP contribution in [0.5, 0.6) is 0 Å². The van der Waals surface area contributed by atoms with Crippen LogP contribution in [0.2, 0.25) is 0 Å². The number of hydrogen-bond donors (Lipinski definition) is 0. The first-order valence-electron chi connectivity index (χ1n) is 4.63. The van der Waals surface area contributed by atoms with E-state index in [1.54, 1.807) is 6.20 Å². The fraction of sp³-hybridized carbons (Fsp3) is 0.0909. The Kier molecular flexibility index (Phi) is 3.56. The number of rotatable bonds is 2. The summed E-state index contributed by atoms with van der Waals surface area (Å²) in [7, 11) is 0. The van der Waals surface area contributed by atoms with Crippen LogP contribution in [0.4, 0.5) is 0 Å². The molecule has 0 saturated carbocycles. The van der Waals surface area contributed by atoms with Crippen LogP contribution < -0.4 is 5.56 Å². The van der Waals surface area contributed by atoms with Crippen molar-refractivity contribution in [1.82, 2.24) is 9.78 Å². The van der Waals surface area contributed by atoms with Crippen LogP contribution in [0.25, 0.3) is 0 Å². The maximum Gasteiger partial charge on any atom is 0.282 e. The molecule has 0 spiro atoms. The van der Waals surface area contributed by atoms with Crippen LogP contribution in [-0.2, 0) is 6.54 Å². The van der Waals surface area contributed by atoms with Gasteiger partial charge in [-0.1, -0.05) is 30.3 Å². The molecule has 0 saturated heterocycles. The van der Waals surface area contributed by atoms with E-state index >= 15 is 0 Å². The van der Waals surface area contributed by atoms with Gasteiger partial charge in [0, 0.05) is 0 Å². The Balaban J connectivity index is 2.37. The fourth-order valence-electron chi connectivity index (χ4n) is 1.31. The van der Waals surface area contributed by atoms with Crippen molar-refractivity contribution in [1.29, 1.82) is 0 Å². The van der Waals surface area contributed by atoms with E-state index in [0.717, 1.165) is 5.56 Å². The lowest BCUT2D eigenvalue weighted by atomic mass is 10.2. The molecule has 0 aliphatic carbocycles. The van der Waals surface area contributed by atoms with Crippen molar-refractivity contribution in [2.75, 3.05) is 0 Å². The molecule has 1 aromatic carbocycles. The average Bonchev–Trinajstić information content (AvgIpc) is 2.31. The van der Waals surface area contributed by atoms with Gasteiger partial charge in [-0.25, -0.2) is 4.68 Å². The number of benzene rings is 1. The second-order valence-electron chi connectivity index (χ2n) is 3.25. The van der Waals surface area contributed by atoms with Crippen molar-refractivity contribution in [2.45, 2.75) is 6.54 Å². The van der Waals surface area contributed by atoms with Crippen LogP contribution in [0.1, 0.15) is 5.56 Å². The second-order valence-corrected chi connectivity index (χ2v) is 4.90. The Hall–Kier alpha value is -0.940. The van der Waals surface area contributed by atoms with Gasteiger partial charge in [0.2, 0.25) is 0 Å². The highest BCUT2D eigenvalue weighted by molar-refractivity contribution is 9.13. The molecule has 0 atom stereocenters. The molecule has 0 N–H and O–H groups in total. The molecule has 0 unspecified atom stereocenters. The molecule has 1 aromatic heterocycles. The SMILES string of the molecule is O=c1c(Br)c(Br)cnn1Cc1ccccc1. The van der Waals surface area contributed by atoms with Crippen molar-refractivity contribution in [3.63, 3.8) is 0 Å². The summed E-state index contributed by atoms with van der Waals surface area (Å²) in [6.45, 7) is 0.478. The molecule has 0 aliphatic heterocycles. The highest BCUT2D eigenvalue weighted by atomic mass is 79.9. The van der Waals surface area contributed by atoms with Gasteiger partial charge >= 0.3 is 0 Å². The summed E-state index contributed by atoms with van der Waals surface area (Å²) in [5.41, 5.74) is 0.907. The van der Waals surface area contributed by atoms with E-state index in [0.29, 0.717) is 15.5 Å². The fourth-order valence-corrected chi connectivity index (χ4v) is 1.88. The molecule has 2 rings (SSSR count). The Labute approximate surface area is 109 Å². The van der Waals surface area contributed by atoms with Crippen molar-refractivity contribution in [3.05, 3.63) is 61.4 Å². The smallest absolute Gasteiger partial charge is 0.266 e. The lowest BCUT2D eigenvalue weighted by Crippen LogP contribution is -2.23. The van der Waals surface area contributed by atoms with Crippen LogP contribution in [0.3, 0.4) is 0 Å². The van der Waals surface area contributed by atoms with Crippen LogP contribution in [0.15, 0.2) is 50.3 Å². The molecule has 2 aromatic rings. The minimum absolute atomic E-state index is 0.141. The summed E-state index contributed by atoms with van der Waals surface area (Å²) in [6, 6.07) is 9.74. The summed E-state index contributed by atoms with van der Waals surface area (Å²) in [4.78, 5) is 11.8. The molecule has 0 fully saturated rings. The minimum atomic E-state index is -0.141. The van der Waals surface area contributed by atoms with E-state index in [2.05, 4.69) is 37.0 Å². The van der Waals surface area contributed by atoms with E-state index < -0.39 is 0 Å². The molecule has 3 nitrogen and oxygen atoms in total. The van der Waals surface area contributed by atoms with Crippen molar-refractivity contribution < 1.29 is 0 Å². The normalized spacial score (nSPS) is 10.4.